The third-order valence-electron chi connectivity index (χ3n) is 3.87. The molecule has 0 spiro atoms. The van der Waals surface area contributed by atoms with E-state index in [1.54, 1.807) is 0 Å². The fraction of sp³-hybridized carbons (Fsp3) is 0.533. The molecule has 32 heavy (non-hydrogen) atoms. The molecule has 0 saturated heterocycles. The Morgan fingerprint density at radius 1 is 1.03 bits per heavy atom. The summed E-state index contributed by atoms with van der Waals surface area (Å²) in [6, 6.07) is 1.22. The first kappa shape index (κ1) is 27.8. The number of hydrogen-bond donors (Lipinski definition) is 2. The van der Waals surface area contributed by atoms with Crippen molar-refractivity contribution in [3.63, 3.8) is 0 Å². The monoisotopic (exact) mass is 508 g/mol. The third kappa shape index (κ3) is 6.38. The number of halogens is 9. The molecule has 0 amide bonds. The van der Waals surface area contributed by atoms with Crippen molar-refractivity contribution < 1.29 is 71.9 Å². The van der Waals surface area contributed by atoms with E-state index in [1.165, 1.54) is 0 Å². The molecule has 0 aliphatic rings. The van der Waals surface area contributed by atoms with Crippen molar-refractivity contribution in [2.24, 2.45) is 0 Å². The molecule has 1 unspecified atom stereocenters. The van der Waals surface area contributed by atoms with Gasteiger partial charge in [-0.05, 0) is 25.1 Å². The van der Waals surface area contributed by atoms with Gasteiger partial charge in [0.15, 0.2) is 6.10 Å². The predicted molar refractivity (Wildman–Crippen MR) is 84.4 cm³/mol. The number of rotatable bonds is 7. The molecule has 0 radical (unpaired) electrons. The van der Waals surface area contributed by atoms with Gasteiger partial charge in [0, 0.05) is 6.42 Å². The number of aliphatic hydroxyl groups is 1. The fourth-order valence-electron chi connectivity index (χ4n) is 2.00. The molecule has 0 aliphatic heterocycles. The minimum atomic E-state index is -6.22. The van der Waals surface area contributed by atoms with Crippen LogP contribution in [0.15, 0.2) is 23.1 Å². The standard InChI is InChI=1S/C15H13F9O7S/c1-7(13(16,17)18)31-10-3-2-8(32(27,28)29)6-9(10)11(25)30-5-4-12(26,14(19,20)21)15(22,23)24/h2-3,6-7,26H,4-5H2,1H3,(H,27,28,29). The van der Waals surface area contributed by atoms with Crippen molar-refractivity contribution in [2.75, 3.05) is 6.61 Å². The maximum atomic E-state index is 12.7. The highest BCUT2D eigenvalue weighted by molar-refractivity contribution is 7.85. The van der Waals surface area contributed by atoms with Gasteiger partial charge in [0.2, 0.25) is 0 Å². The lowest BCUT2D eigenvalue weighted by Gasteiger charge is -2.32. The van der Waals surface area contributed by atoms with Crippen LogP contribution >= 0.6 is 0 Å². The lowest BCUT2D eigenvalue weighted by molar-refractivity contribution is -0.371. The van der Waals surface area contributed by atoms with Crippen LogP contribution in [0.1, 0.15) is 23.7 Å². The van der Waals surface area contributed by atoms with Gasteiger partial charge < -0.3 is 14.6 Å². The van der Waals surface area contributed by atoms with Crippen molar-refractivity contribution in [3.05, 3.63) is 23.8 Å². The topological polar surface area (TPSA) is 110 Å². The number of esters is 1. The third-order valence-corrected chi connectivity index (χ3v) is 4.72. The first-order valence-corrected chi connectivity index (χ1v) is 9.43. The predicted octanol–water partition coefficient (Wildman–Crippen LogP) is 3.67. The molecule has 1 atom stereocenters. The van der Waals surface area contributed by atoms with Gasteiger partial charge in [0.25, 0.3) is 15.7 Å². The molecule has 0 aliphatic carbocycles. The molecule has 184 valence electrons. The molecule has 1 aromatic carbocycles. The summed E-state index contributed by atoms with van der Waals surface area (Å²) in [7, 11) is -5.04. The minimum Gasteiger partial charge on any atom is -0.480 e. The van der Waals surface area contributed by atoms with Crippen LogP contribution in [-0.2, 0) is 14.9 Å². The van der Waals surface area contributed by atoms with Crippen LogP contribution in [0.3, 0.4) is 0 Å². The highest BCUT2D eigenvalue weighted by atomic mass is 32.2. The molecule has 0 saturated carbocycles. The van der Waals surface area contributed by atoms with E-state index in [0.29, 0.717) is 19.1 Å². The van der Waals surface area contributed by atoms with Crippen LogP contribution in [-0.4, -0.2) is 60.9 Å². The van der Waals surface area contributed by atoms with Crippen LogP contribution < -0.4 is 4.74 Å². The van der Waals surface area contributed by atoms with Crippen molar-refractivity contribution in [2.45, 2.75) is 48.5 Å². The molecule has 7 nitrogen and oxygen atoms in total. The SMILES string of the molecule is CC(Oc1ccc(S(=O)(=O)O)cc1C(=O)OCCC(O)(C(F)(F)F)C(F)(F)F)C(F)(F)F. The Balaban J connectivity index is 3.22. The van der Waals surface area contributed by atoms with Crippen LogP contribution in [0.25, 0.3) is 0 Å². The molecular formula is C15H13F9O7S. The number of alkyl halides is 9. The van der Waals surface area contributed by atoms with Crippen molar-refractivity contribution >= 4 is 16.1 Å². The maximum absolute atomic E-state index is 12.7. The van der Waals surface area contributed by atoms with Gasteiger partial charge in [-0.25, -0.2) is 4.79 Å². The Labute approximate surface area is 173 Å². The second-order valence-electron chi connectivity index (χ2n) is 6.18. The van der Waals surface area contributed by atoms with E-state index in [0.717, 1.165) is 0 Å². The van der Waals surface area contributed by atoms with Gasteiger partial charge in [-0.1, -0.05) is 0 Å². The van der Waals surface area contributed by atoms with Gasteiger partial charge >= 0.3 is 24.5 Å². The van der Waals surface area contributed by atoms with E-state index >= 15 is 0 Å². The summed E-state index contributed by atoms with van der Waals surface area (Å²) in [4.78, 5) is 11.0. The van der Waals surface area contributed by atoms with E-state index in [1.807, 2.05) is 0 Å². The van der Waals surface area contributed by atoms with Crippen molar-refractivity contribution in [1.29, 1.82) is 0 Å². The molecule has 0 bridgehead atoms. The average molecular weight is 508 g/mol. The summed E-state index contributed by atoms with van der Waals surface area (Å²) in [5.74, 6) is -2.90. The van der Waals surface area contributed by atoms with Gasteiger partial charge in [0.1, 0.15) is 11.3 Å². The molecule has 0 fully saturated rings. The summed E-state index contributed by atoms with van der Waals surface area (Å²) in [6.07, 6.45) is -22.3. The number of hydrogen-bond acceptors (Lipinski definition) is 6. The first-order chi connectivity index (χ1) is 14.1. The van der Waals surface area contributed by atoms with Crippen molar-refractivity contribution in [1.82, 2.24) is 0 Å². The number of benzene rings is 1. The van der Waals surface area contributed by atoms with E-state index in [-0.39, 0.29) is 6.07 Å². The Morgan fingerprint density at radius 2 is 1.53 bits per heavy atom. The summed E-state index contributed by atoms with van der Waals surface area (Å²) < 4.78 is 154. The van der Waals surface area contributed by atoms with Crippen LogP contribution in [0.2, 0.25) is 0 Å². The number of carbonyl (C=O) groups excluding carboxylic acids is 1. The maximum Gasteiger partial charge on any atom is 0.426 e. The lowest BCUT2D eigenvalue weighted by Crippen LogP contribution is -2.57. The molecule has 0 aromatic heterocycles. The van der Waals surface area contributed by atoms with Gasteiger partial charge in [-0.3, -0.25) is 4.55 Å². The van der Waals surface area contributed by atoms with E-state index < -0.39 is 75.6 Å². The quantitative estimate of drug-likeness (QED) is 0.329. The molecule has 2 N–H and O–H groups in total. The zero-order valence-electron chi connectivity index (χ0n) is 15.5. The molecule has 0 heterocycles. The molecular weight excluding hydrogens is 495 g/mol. The largest absolute Gasteiger partial charge is 0.480 e. The Morgan fingerprint density at radius 3 is 1.94 bits per heavy atom. The lowest BCUT2D eigenvalue weighted by atomic mass is 9.99. The Kier molecular flexibility index (Phi) is 7.75. The van der Waals surface area contributed by atoms with Gasteiger partial charge in [-0.2, -0.15) is 47.9 Å². The van der Waals surface area contributed by atoms with Crippen LogP contribution in [0, 0.1) is 0 Å². The highest BCUT2D eigenvalue weighted by Gasteiger charge is 2.70. The fourth-order valence-corrected chi connectivity index (χ4v) is 2.51. The molecule has 17 heteroatoms. The summed E-state index contributed by atoms with van der Waals surface area (Å²) >= 11 is 0. The van der Waals surface area contributed by atoms with E-state index in [2.05, 4.69) is 9.47 Å². The molecule has 1 aromatic rings. The Bertz CT molecular complexity index is 922. The normalized spacial score (nSPS) is 14.8. The number of carbonyl (C=O) groups is 1. The average Bonchev–Trinajstić information content (AvgIpc) is 2.57. The second-order valence-corrected chi connectivity index (χ2v) is 7.60. The smallest absolute Gasteiger partial charge is 0.426 e. The van der Waals surface area contributed by atoms with Gasteiger partial charge in [0.05, 0.1) is 11.5 Å². The Hall–Kier alpha value is -2.27. The van der Waals surface area contributed by atoms with Crippen LogP contribution in [0.5, 0.6) is 5.75 Å². The zero-order valence-corrected chi connectivity index (χ0v) is 16.3. The zero-order chi connectivity index (χ0) is 25.3. The summed E-state index contributed by atoms with van der Waals surface area (Å²) in [5.41, 5.74) is -6.44. The van der Waals surface area contributed by atoms with E-state index in [9.17, 15) is 52.7 Å². The van der Waals surface area contributed by atoms with Crippen molar-refractivity contribution in [3.8, 4) is 5.75 Å². The number of ether oxygens (including phenoxy) is 2. The minimum absolute atomic E-state index is 0.232. The second kappa shape index (κ2) is 8.93. The summed E-state index contributed by atoms with van der Waals surface area (Å²) in [5, 5.41) is 8.98. The van der Waals surface area contributed by atoms with E-state index in [4.69, 9.17) is 9.66 Å². The first-order valence-electron chi connectivity index (χ1n) is 7.99. The molecule has 1 rings (SSSR count). The van der Waals surface area contributed by atoms with Gasteiger partial charge in [-0.15, -0.1) is 0 Å². The highest BCUT2D eigenvalue weighted by Crippen LogP contribution is 2.45. The summed E-state index contributed by atoms with van der Waals surface area (Å²) in [6.45, 7) is -1.27. The van der Waals surface area contributed by atoms with Crippen LogP contribution in [0.4, 0.5) is 39.5 Å².